The van der Waals surface area contributed by atoms with E-state index in [-0.39, 0.29) is 12.1 Å². The molecule has 0 aromatic heterocycles. The summed E-state index contributed by atoms with van der Waals surface area (Å²) in [5.41, 5.74) is 1.45. The summed E-state index contributed by atoms with van der Waals surface area (Å²) in [5, 5.41) is 14.2. The Balaban J connectivity index is 1.67. The van der Waals surface area contributed by atoms with E-state index >= 15 is 0 Å². The van der Waals surface area contributed by atoms with Crippen LogP contribution in [0.2, 0.25) is 0 Å². The molecule has 0 unspecified atom stereocenters. The Bertz CT molecular complexity index is 1160. The molecule has 1 atom stereocenters. The van der Waals surface area contributed by atoms with Crippen molar-refractivity contribution in [2.45, 2.75) is 19.4 Å². The topological polar surface area (TPSA) is 69.6 Å². The number of rotatable bonds is 4. The van der Waals surface area contributed by atoms with Crippen molar-refractivity contribution >= 4 is 23.2 Å². The van der Waals surface area contributed by atoms with Gasteiger partial charge in [-0.25, -0.2) is 4.39 Å². The highest BCUT2D eigenvalue weighted by Gasteiger charge is 2.51. The van der Waals surface area contributed by atoms with Crippen LogP contribution in [-0.4, -0.2) is 23.5 Å². The minimum Gasteiger partial charge on any atom is -0.372 e. The van der Waals surface area contributed by atoms with E-state index in [4.69, 9.17) is 0 Å². The van der Waals surface area contributed by atoms with Crippen LogP contribution < -0.4 is 10.2 Å². The van der Waals surface area contributed by atoms with Crippen LogP contribution in [0.4, 0.5) is 15.8 Å². The Hall–Kier alpha value is -3.51. The molecule has 4 rings (SSSR count). The molecule has 1 aliphatic rings. The van der Waals surface area contributed by atoms with Crippen LogP contribution in [0, 0.1) is 19.7 Å². The minimum absolute atomic E-state index is 0.123. The number of aryl methyl sites for hydroxylation is 1. The van der Waals surface area contributed by atoms with E-state index in [1.165, 1.54) is 23.1 Å². The van der Waals surface area contributed by atoms with Gasteiger partial charge in [0, 0.05) is 16.8 Å². The van der Waals surface area contributed by atoms with Gasteiger partial charge in [0.05, 0.1) is 5.69 Å². The predicted octanol–water partition coefficient (Wildman–Crippen LogP) is 3.66. The summed E-state index contributed by atoms with van der Waals surface area (Å²) in [6, 6.07) is 17.6. The quantitative estimate of drug-likeness (QED) is 0.697. The van der Waals surface area contributed by atoms with Gasteiger partial charge < -0.3 is 10.4 Å². The molecule has 152 valence electrons. The fourth-order valence-corrected chi connectivity index (χ4v) is 3.80. The van der Waals surface area contributed by atoms with Gasteiger partial charge >= 0.3 is 0 Å². The highest BCUT2D eigenvalue weighted by atomic mass is 19.1. The maximum atomic E-state index is 13.8. The fraction of sp³-hybridized carbons (Fsp3) is 0.167. The van der Waals surface area contributed by atoms with E-state index in [9.17, 15) is 19.1 Å². The highest BCUT2D eigenvalue weighted by Crippen LogP contribution is 2.44. The van der Waals surface area contributed by atoms with Crippen molar-refractivity contribution in [3.8, 4) is 0 Å². The zero-order valence-corrected chi connectivity index (χ0v) is 16.6. The average molecular weight is 404 g/mol. The minimum atomic E-state index is -2.06. The molecule has 1 aliphatic heterocycles. The molecule has 0 fully saturated rings. The molecule has 5 nitrogen and oxygen atoms in total. The second-order valence-electron chi connectivity index (χ2n) is 7.42. The first-order valence-electron chi connectivity index (χ1n) is 9.58. The molecule has 1 heterocycles. The lowest BCUT2D eigenvalue weighted by molar-refractivity contribution is -0.133. The SMILES string of the molecule is Cc1cccc(NC(=O)CN2C(=O)[C@](O)(c3cccc(F)c3)c3ccccc32)c1C. The number of carbonyl (C=O) groups is 2. The third kappa shape index (κ3) is 3.15. The van der Waals surface area contributed by atoms with Gasteiger partial charge in [-0.15, -0.1) is 0 Å². The Morgan fingerprint density at radius 1 is 1.07 bits per heavy atom. The highest BCUT2D eigenvalue weighted by molar-refractivity contribution is 6.12. The van der Waals surface area contributed by atoms with Gasteiger partial charge in [-0.1, -0.05) is 42.5 Å². The van der Waals surface area contributed by atoms with E-state index in [0.29, 0.717) is 16.9 Å². The maximum Gasteiger partial charge on any atom is 0.268 e. The normalized spacial score (nSPS) is 17.7. The summed E-state index contributed by atoms with van der Waals surface area (Å²) in [6.07, 6.45) is 0. The van der Waals surface area contributed by atoms with Crippen molar-refractivity contribution < 1.29 is 19.1 Å². The van der Waals surface area contributed by atoms with Crippen molar-refractivity contribution in [2.24, 2.45) is 0 Å². The molecule has 0 aliphatic carbocycles. The van der Waals surface area contributed by atoms with E-state index in [2.05, 4.69) is 5.32 Å². The molecule has 0 bridgehead atoms. The van der Waals surface area contributed by atoms with Gasteiger partial charge in [0.15, 0.2) is 5.60 Å². The number of nitrogens with zero attached hydrogens (tertiary/aromatic N) is 1. The Kier molecular flexibility index (Phi) is 4.87. The second kappa shape index (κ2) is 7.39. The number of halogens is 1. The molecule has 3 aromatic rings. The molecule has 0 saturated carbocycles. The largest absolute Gasteiger partial charge is 0.372 e. The number of hydrogen-bond donors (Lipinski definition) is 2. The first-order chi connectivity index (χ1) is 14.3. The molecular weight excluding hydrogens is 383 g/mol. The lowest BCUT2D eigenvalue weighted by Gasteiger charge is -2.23. The Morgan fingerprint density at radius 3 is 2.57 bits per heavy atom. The number of hydrogen-bond acceptors (Lipinski definition) is 3. The molecule has 6 heteroatoms. The van der Waals surface area contributed by atoms with Crippen molar-refractivity contribution in [3.05, 3.63) is 94.8 Å². The van der Waals surface area contributed by atoms with E-state index in [1.807, 2.05) is 26.0 Å². The van der Waals surface area contributed by atoms with E-state index in [0.717, 1.165) is 17.2 Å². The lowest BCUT2D eigenvalue weighted by atomic mass is 9.87. The lowest BCUT2D eigenvalue weighted by Crippen LogP contribution is -2.44. The first-order valence-corrected chi connectivity index (χ1v) is 9.58. The van der Waals surface area contributed by atoms with Gasteiger partial charge in [-0.3, -0.25) is 14.5 Å². The molecule has 2 amide bonds. The number of anilines is 2. The van der Waals surface area contributed by atoms with Crippen LogP contribution in [0.15, 0.2) is 66.7 Å². The summed E-state index contributed by atoms with van der Waals surface area (Å²) < 4.78 is 13.8. The number of para-hydroxylation sites is 1. The summed E-state index contributed by atoms with van der Waals surface area (Å²) in [5.74, 6) is -1.64. The first kappa shape index (κ1) is 19.8. The number of amides is 2. The van der Waals surface area contributed by atoms with Crippen molar-refractivity contribution in [2.75, 3.05) is 16.8 Å². The van der Waals surface area contributed by atoms with Gasteiger partial charge in [-0.2, -0.15) is 0 Å². The molecule has 0 spiro atoms. The van der Waals surface area contributed by atoms with Gasteiger partial charge in [0.25, 0.3) is 5.91 Å². The van der Waals surface area contributed by atoms with Crippen molar-refractivity contribution in [1.29, 1.82) is 0 Å². The molecule has 0 radical (unpaired) electrons. The third-order valence-electron chi connectivity index (χ3n) is 5.56. The van der Waals surface area contributed by atoms with Crippen LogP contribution >= 0.6 is 0 Å². The predicted molar refractivity (Wildman–Crippen MR) is 113 cm³/mol. The van der Waals surface area contributed by atoms with E-state index < -0.39 is 23.2 Å². The Morgan fingerprint density at radius 2 is 1.80 bits per heavy atom. The number of fused-ring (bicyclic) bond motifs is 1. The summed E-state index contributed by atoms with van der Waals surface area (Å²) >= 11 is 0. The smallest absolute Gasteiger partial charge is 0.268 e. The molecule has 3 aromatic carbocycles. The van der Waals surface area contributed by atoms with Gasteiger partial charge in [0.2, 0.25) is 5.91 Å². The standard InChI is InChI=1S/C24H21FN2O3/c1-15-7-5-11-20(16(15)2)26-22(28)14-27-21-12-4-3-10-19(21)24(30,23(27)29)17-8-6-9-18(25)13-17/h3-13,30H,14H2,1-2H3,(H,26,28)/t24-/m0/s1. The summed E-state index contributed by atoms with van der Waals surface area (Å²) in [4.78, 5) is 27.3. The van der Waals surface area contributed by atoms with Crippen LogP contribution in [0.25, 0.3) is 0 Å². The number of nitrogens with one attached hydrogen (secondary N) is 1. The Labute approximate surface area is 173 Å². The number of carbonyl (C=O) groups excluding carboxylic acids is 2. The number of benzene rings is 3. The monoisotopic (exact) mass is 404 g/mol. The fourth-order valence-electron chi connectivity index (χ4n) is 3.80. The molecule has 0 saturated heterocycles. The summed E-state index contributed by atoms with van der Waals surface area (Å²) in [7, 11) is 0. The van der Waals surface area contributed by atoms with Crippen molar-refractivity contribution in [1.82, 2.24) is 0 Å². The molecule has 2 N–H and O–H groups in total. The molecular formula is C24H21FN2O3. The zero-order chi connectivity index (χ0) is 21.5. The number of aliphatic hydroxyl groups is 1. The van der Waals surface area contributed by atoms with Crippen LogP contribution in [-0.2, 0) is 15.2 Å². The van der Waals surface area contributed by atoms with E-state index in [1.54, 1.807) is 30.3 Å². The van der Waals surface area contributed by atoms with Crippen LogP contribution in [0.5, 0.6) is 0 Å². The zero-order valence-electron chi connectivity index (χ0n) is 16.6. The van der Waals surface area contributed by atoms with Gasteiger partial charge in [-0.05, 0) is 49.2 Å². The maximum absolute atomic E-state index is 13.8. The molecule has 30 heavy (non-hydrogen) atoms. The van der Waals surface area contributed by atoms with Crippen LogP contribution in [0.3, 0.4) is 0 Å². The summed E-state index contributed by atoms with van der Waals surface area (Å²) in [6.45, 7) is 3.58. The average Bonchev–Trinajstić information content (AvgIpc) is 2.94. The van der Waals surface area contributed by atoms with Crippen molar-refractivity contribution in [3.63, 3.8) is 0 Å². The third-order valence-corrected chi connectivity index (χ3v) is 5.56. The van der Waals surface area contributed by atoms with Crippen LogP contribution in [0.1, 0.15) is 22.3 Å². The second-order valence-corrected chi connectivity index (χ2v) is 7.42. The van der Waals surface area contributed by atoms with Gasteiger partial charge in [0.1, 0.15) is 12.4 Å².